The number of likely N-dealkylation sites (tertiary alicyclic amines) is 1. The Bertz CT molecular complexity index is 1510. The number of hydrogen-bond acceptors (Lipinski definition) is 6. The molecule has 0 bridgehead atoms. The standard InChI is InChI=1S/C33H34N6O/c1-2-16-34-33-35-20-26(21-36-33)25-12-15-28-29(19-25)38-32(40)30(28)31(24-8-4-3-5-9-24)37-27-13-10-23(11-14-27)22-39-17-6-7-18-39/h3-5,8-15,19-21,37H,2,6-7,16-18,22H2,1H3,(H,38,40)(H,34,35,36)/b31-30-. The zero-order chi connectivity index (χ0) is 27.3. The second kappa shape index (κ2) is 11.7. The van der Waals surface area contributed by atoms with Crippen molar-refractivity contribution < 1.29 is 4.79 Å². The Labute approximate surface area is 235 Å². The van der Waals surface area contributed by atoms with Crippen LogP contribution >= 0.6 is 0 Å². The molecular formula is C33H34N6O. The average molecular weight is 531 g/mol. The Hall–Kier alpha value is -4.49. The predicted octanol–water partition coefficient (Wildman–Crippen LogP) is 6.49. The van der Waals surface area contributed by atoms with Crippen molar-refractivity contribution in [3.05, 3.63) is 102 Å². The van der Waals surface area contributed by atoms with Gasteiger partial charge in [-0.2, -0.15) is 0 Å². The van der Waals surface area contributed by atoms with Crippen LogP contribution in [0.5, 0.6) is 0 Å². The van der Waals surface area contributed by atoms with Crippen LogP contribution in [0.3, 0.4) is 0 Å². The quantitative estimate of drug-likeness (QED) is 0.215. The largest absolute Gasteiger partial charge is 0.354 e. The number of fused-ring (bicyclic) bond motifs is 1. The molecular weight excluding hydrogens is 496 g/mol. The topological polar surface area (TPSA) is 82.2 Å². The van der Waals surface area contributed by atoms with E-state index in [0.29, 0.717) is 11.5 Å². The van der Waals surface area contributed by atoms with E-state index in [1.807, 2.05) is 60.9 Å². The monoisotopic (exact) mass is 530 g/mol. The number of benzene rings is 3. The molecule has 0 atom stereocenters. The minimum atomic E-state index is -0.125. The molecule has 2 aliphatic rings. The van der Waals surface area contributed by atoms with Crippen LogP contribution in [0.4, 0.5) is 17.3 Å². The normalized spacial score (nSPS) is 16.0. The van der Waals surface area contributed by atoms with E-state index in [2.05, 4.69) is 62.0 Å². The molecule has 0 unspecified atom stereocenters. The van der Waals surface area contributed by atoms with Crippen molar-refractivity contribution in [3.63, 3.8) is 0 Å². The summed E-state index contributed by atoms with van der Waals surface area (Å²) in [6, 6.07) is 24.6. The first-order valence-corrected chi connectivity index (χ1v) is 14.1. The summed E-state index contributed by atoms with van der Waals surface area (Å²) in [6.07, 6.45) is 7.20. The lowest BCUT2D eigenvalue weighted by Gasteiger charge is -2.17. The summed E-state index contributed by atoms with van der Waals surface area (Å²) >= 11 is 0. The number of nitrogens with one attached hydrogen (secondary N) is 3. The number of carbonyl (C=O) groups excluding carboxylic acids is 1. The molecule has 0 radical (unpaired) electrons. The fourth-order valence-electron chi connectivity index (χ4n) is 5.33. The second-order valence-electron chi connectivity index (χ2n) is 10.4. The van der Waals surface area contributed by atoms with Gasteiger partial charge in [-0.1, -0.05) is 61.5 Å². The van der Waals surface area contributed by atoms with E-state index in [-0.39, 0.29) is 5.91 Å². The lowest BCUT2D eigenvalue weighted by molar-refractivity contribution is -0.110. The molecule has 7 heteroatoms. The molecule has 3 N–H and O–H groups in total. The fraction of sp³-hybridized carbons (Fsp3) is 0.242. The Morgan fingerprint density at radius 3 is 2.40 bits per heavy atom. The number of amides is 1. The maximum absolute atomic E-state index is 13.4. The highest BCUT2D eigenvalue weighted by molar-refractivity contribution is 6.37. The summed E-state index contributed by atoms with van der Waals surface area (Å²) in [4.78, 5) is 24.8. The molecule has 202 valence electrons. The molecule has 3 heterocycles. The zero-order valence-corrected chi connectivity index (χ0v) is 22.8. The molecule has 3 aromatic carbocycles. The van der Waals surface area contributed by atoms with Crippen LogP contribution in [0.25, 0.3) is 22.4 Å². The maximum Gasteiger partial charge on any atom is 0.258 e. The predicted molar refractivity (Wildman–Crippen MR) is 163 cm³/mol. The van der Waals surface area contributed by atoms with E-state index in [9.17, 15) is 4.79 Å². The van der Waals surface area contributed by atoms with Gasteiger partial charge in [-0.15, -0.1) is 0 Å². The average Bonchev–Trinajstić information content (AvgIpc) is 3.63. The number of aromatic nitrogens is 2. The smallest absolute Gasteiger partial charge is 0.258 e. The van der Waals surface area contributed by atoms with Crippen molar-refractivity contribution >= 4 is 34.5 Å². The van der Waals surface area contributed by atoms with Gasteiger partial charge in [-0.05, 0) is 67.2 Å². The van der Waals surface area contributed by atoms with E-state index < -0.39 is 0 Å². The van der Waals surface area contributed by atoms with E-state index in [1.54, 1.807) is 0 Å². The maximum atomic E-state index is 13.4. The van der Waals surface area contributed by atoms with Crippen LogP contribution < -0.4 is 16.0 Å². The molecule has 1 amide bonds. The highest BCUT2D eigenvalue weighted by atomic mass is 16.2. The van der Waals surface area contributed by atoms with Gasteiger partial charge in [0.2, 0.25) is 5.95 Å². The summed E-state index contributed by atoms with van der Waals surface area (Å²) in [5, 5.41) is 9.86. The third-order valence-electron chi connectivity index (χ3n) is 7.42. The van der Waals surface area contributed by atoms with Crippen molar-refractivity contribution in [2.45, 2.75) is 32.7 Å². The van der Waals surface area contributed by atoms with E-state index >= 15 is 0 Å². The van der Waals surface area contributed by atoms with E-state index in [4.69, 9.17) is 0 Å². The van der Waals surface area contributed by atoms with Gasteiger partial charge in [0, 0.05) is 48.0 Å². The fourth-order valence-corrected chi connectivity index (χ4v) is 5.33. The van der Waals surface area contributed by atoms with E-state index in [0.717, 1.165) is 58.8 Å². The van der Waals surface area contributed by atoms with Crippen molar-refractivity contribution in [2.24, 2.45) is 0 Å². The van der Waals surface area contributed by atoms with Gasteiger partial charge in [0.1, 0.15) is 0 Å². The molecule has 4 aromatic rings. The van der Waals surface area contributed by atoms with Crippen molar-refractivity contribution in [2.75, 3.05) is 35.6 Å². The molecule has 0 aliphatic carbocycles. The lowest BCUT2D eigenvalue weighted by Crippen LogP contribution is -2.18. The van der Waals surface area contributed by atoms with Gasteiger partial charge < -0.3 is 16.0 Å². The summed E-state index contributed by atoms with van der Waals surface area (Å²) < 4.78 is 0. The highest BCUT2D eigenvalue weighted by Gasteiger charge is 2.29. The SMILES string of the molecule is CCCNc1ncc(-c2ccc3c(c2)NC(=O)/C3=C(\Nc2ccc(CN3CCCC3)cc2)c2ccccc2)cn1. The molecule has 6 rings (SSSR count). The number of anilines is 3. The molecule has 1 saturated heterocycles. The lowest BCUT2D eigenvalue weighted by atomic mass is 9.98. The van der Waals surface area contributed by atoms with Crippen molar-refractivity contribution in [1.29, 1.82) is 0 Å². The Kier molecular flexibility index (Phi) is 7.55. The third-order valence-corrected chi connectivity index (χ3v) is 7.42. The first-order valence-electron chi connectivity index (χ1n) is 14.1. The van der Waals surface area contributed by atoms with Gasteiger partial charge in [-0.3, -0.25) is 9.69 Å². The number of carbonyl (C=O) groups is 1. The summed E-state index contributed by atoms with van der Waals surface area (Å²) in [6.45, 7) is 6.27. The first-order chi connectivity index (χ1) is 19.7. The van der Waals surface area contributed by atoms with Crippen LogP contribution in [-0.4, -0.2) is 40.4 Å². The van der Waals surface area contributed by atoms with Gasteiger partial charge >= 0.3 is 0 Å². The van der Waals surface area contributed by atoms with Crippen LogP contribution in [0.1, 0.15) is 42.9 Å². The highest BCUT2D eigenvalue weighted by Crippen LogP contribution is 2.39. The summed E-state index contributed by atoms with van der Waals surface area (Å²) in [7, 11) is 0. The first kappa shape index (κ1) is 25.8. The molecule has 1 fully saturated rings. The molecule has 1 aromatic heterocycles. The number of hydrogen-bond donors (Lipinski definition) is 3. The Morgan fingerprint density at radius 1 is 0.925 bits per heavy atom. The van der Waals surface area contributed by atoms with Crippen LogP contribution in [0.15, 0.2) is 85.2 Å². The minimum absolute atomic E-state index is 0.125. The molecule has 0 spiro atoms. The molecule has 0 saturated carbocycles. The summed E-state index contributed by atoms with van der Waals surface area (Å²) in [5.74, 6) is 0.493. The van der Waals surface area contributed by atoms with Crippen LogP contribution in [0.2, 0.25) is 0 Å². The van der Waals surface area contributed by atoms with E-state index in [1.165, 1.54) is 31.5 Å². The van der Waals surface area contributed by atoms with Crippen molar-refractivity contribution in [3.8, 4) is 11.1 Å². The van der Waals surface area contributed by atoms with Crippen LogP contribution in [-0.2, 0) is 11.3 Å². The van der Waals surface area contributed by atoms with Crippen molar-refractivity contribution in [1.82, 2.24) is 14.9 Å². The molecule has 2 aliphatic heterocycles. The second-order valence-corrected chi connectivity index (χ2v) is 10.4. The third kappa shape index (κ3) is 5.60. The van der Waals surface area contributed by atoms with Crippen LogP contribution in [0, 0.1) is 0 Å². The summed E-state index contributed by atoms with van der Waals surface area (Å²) in [5.41, 5.74) is 8.11. The Balaban J connectivity index is 1.31. The molecule has 40 heavy (non-hydrogen) atoms. The molecule has 7 nitrogen and oxygen atoms in total. The van der Waals surface area contributed by atoms with Gasteiger partial charge in [0.25, 0.3) is 5.91 Å². The number of rotatable bonds is 9. The number of nitrogens with zero attached hydrogens (tertiary/aromatic N) is 3. The minimum Gasteiger partial charge on any atom is -0.354 e. The zero-order valence-electron chi connectivity index (χ0n) is 22.8. The van der Waals surface area contributed by atoms with Gasteiger partial charge in [0.15, 0.2) is 0 Å². The Morgan fingerprint density at radius 2 is 1.68 bits per heavy atom. The van der Waals surface area contributed by atoms with Gasteiger partial charge in [-0.25, -0.2) is 9.97 Å². The van der Waals surface area contributed by atoms with Gasteiger partial charge in [0.05, 0.1) is 11.3 Å².